The molecule has 68 valence electrons. The van der Waals surface area contributed by atoms with E-state index in [1.54, 1.807) is 23.5 Å². The van der Waals surface area contributed by atoms with Crippen LogP contribution in [0.25, 0.3) is 6.08 Å². The van der Waals surface area contributed by atoms with E-state index in [0.29, 0.717) is 0 Å². The first-order valence-electron chi connectivity index (χ1n) is 3.87. The Balaban J connectivity index is 2.34. The van der Waals surface area contributed by atoms with Gasteiger partial charge in [-0.2, -0.15) is 0 Å². The van der Waals surface area contributed by atoms with Gasteiger partial charge in [-0.1, -0.05) is 24.3 Å². The van der Waals surface area contributed by atoms with Crippen molar-refractivity contribution in [2.75, 3.05) is 0 Å². The minimum absolute atomic E-state index is 0.0782. The number of carboxylic acid groups (broad SMARTS) is 1. The Morgan fingerprint density at radius 3 is 3.00 bits per heavy atom. The molecule has 1 N–H and O–H groups in total. The smallest absolute Gasteiger partial charge is 0.307 e. The van der Waals surface area contributed by atoms with Gasteiger partial charge in [0.2, 0.25) is 0 Å². The van der Waals surface area contributed by atoms with Crippen LogP contribution >= 0.6 is 11.3 Å². The fourth-order valence-electron chi connectivity index (χ4n) is 0.784. The molecule has 0 aliphatic heterocycles. The summed E-state index contributed by atoms with van der Waals surface area (Å²) in [5, 5.41) is 10.3. The van der Waals surface area contributed by atoms with Crippen LogP contribution in [-0.2, 0) is 4.79 Å². The van der Waals surface area contributed by atoms with Crippen LogP contribution in [0.4, 0.5) is 0 Å². The average Bonchev–Trinajstić information content (AvgIpc) is 2.55. The summed E-state index contributed by atoms with van der Waals surface area (Å²) < 4.78 is 0. The normalized spacial score (nSPS) is 11.4. The van der Waals surface area contributed by atoms with Crippen LogP contribution in [0, 0.1) is 0 Å². The molecule has 0 aliphatic carbocycles. The Labute approximate surface area is 80.8 Å². The van der Waals surface area contributed by atoms with Crippen molar-refractivity contribution in [1.82, 2.24) is 0 Å². The first-order valence-corrected chi connectivity index (χ1v) is 4.75. The van der Waals surface area contributed by atoms with Crippen molar-refractivity contribution >= 4 is 23.4 Å². The summed E-state index contributed by atoms with van der Waals surface area (Å²) in [6.45, 7) is 0. The van der Waals surface area contributed by atoms with Gasteiger partial charge >= 0.3 is 5.97 Å². The largest absolute Gasteiger partial charge is 0.481 e. The van der Waals surface area contributed by atoms with E-state index in [9.17, 15) is 4.79 Å². The number of rotatable bonds is 4. The SMILES string of the molecule is O=C(O)C/C=C/C=C/c1cccs1. The first kappa shape index (κ1) is 9.74. The summed E-state index contributed by atoms with van der Waals surface area (Å²) in [7, 11) is 0. The van der Waals surface area contributed by atoms with Crippen molar-refractivity contribution in [3.05, 3.63) is 40.6 Å². The molecule has 0 fully saturated rings. The molecule has 2 nitrogen and oxygen atoms in total. The lowest BCUT2D eigenvalue weighted by atomic mass is 10.3. The number of thiophene rings is 1. The lowest BCUT2D eigenvalue weighted by molar-refractivity contribution is -0.135. The van der Waals surface area contributed by atoms with Gasteiger partial charge < -0.3 is 5.11 Å². The molecule has 13 heavy (non-hydrogen) atoms. The van der Waals surface area contributed by atoms with E-state index in [0.717, 1.165) is 0 Å². The van der Waals surface area contributed by atoms with Gasteiger partial charge in [-0.15, -0.1) is 11.3 Å². The molecule has 0 aliphatic rings. The minimum Gasteiger partial charge on any atom is -0.481 e. The Bertz CT molecular complexity index is 310. The summed E-state index contributed by atoms with van der Waals surface area (Å²) in [4.78, 5) is 11.3. The van der Waals surface area contributed by atoms with E-state index in [2.05, 4.69) is 0 Å². The van der Waals surface area contributed by atoms with Crippen LogP contribution in [0.5, 0.6) is 0 Å². The van der Waals surface area contributed by atoms with Gasteiger partial charge in [0, 0.05) is 4.88 Å². The molecule has 3 heteroatoms. The number of allylic oxidation sites excluding steroid dienone is 2. The quantitative estimate of drug-likeness (QED) is 0.748. The molecular formula is C10H10O2S. The number of carbonyl (C=O) groups is 1. The Kier molecular flexibility index (Phi) is 3.99. The summed E-state index contributed by atoms with van der Waals surface area (Å²) in [6.07, 6.45) is 7.23. The summed E-state index contributed by atoms with van der Waals surface area (Å²) in [5.41, 5.74) is 0. The topological polar surface area (TPSA) is 37.3 Å². The second-order valence-electron chi connectivity index (χ2n) is 2.40. The minimum atomic E-state index is -0.805. The molecule has 0 atom stereocenters. The molecule has 0 aromatic carbocycles. The molecule has 1 heterocycles. The molecular weight excluding hydrogens is 184 g/mol. The highest BCUT2D eigenvalue weighted by Crippen LogP contribution is 2.09. The first-order chi connectivity index (χ1) is 6.29. The maximum Gasteiger partial charge on any atom is 0.307 e. The third-order valence-electron chi connectivity index (χ3n) is 1.34. The van der Waals surface area contributed by atoms with E-state index in [4.69, 9.17) is 5.11 Å². The summed E-state index contributed by atoms with van der Waals surface area (Å²) >= 11 is 1.65. The second kappa shape index (κ2) is 5.32. The molecule has 0 bridgehead atoms. The van der Waals surface area contributed by atoms with E-state index < -0.39 is 5.97 Å². The van der Waals surface area contributed by atoms with Crippen LogP contribution in [0.2, 0.25) is 0 Å². The van der Waals surface area contributed by atoms with Gasteiger partial charge in [0.25, 0.3) is 0 Å². The highest BCUT2D eigenvalue weighted by molar-refractivity contribution is 7.10. The Morgan fingerprint density at radius 1 is 1.54 bits per heavy atom. The predicted octanol–water partition coefficient (Wildman–Crippen LogP) is 2.79. The Hall–Kier alpha value is -1.35. The number of aliphatic carboxylic acids is 1. The summed E-state index contributed by atoms with van der Waals surface area (Å²) in [5.74, 6) is -0.805. The lowest BCUT2D eigenvalue weighted by Crippen LogP contribution is -1.89. The molecule has 0 spiro atoms. The van der Waals surface area contributed by atoms with E-state index in [1.807, 2.05) is 29.7 Å². The fraction of sp³-hybridized carbons (Fsp3) is 0.100. The van der Waals surface area contributed by atoms with Crippen molar-refractivity contribution in [3.8, 4) is 0 Å². The standard InChI is InChI=1S/C10H10O2S/c11-10(12)7-3-1-2-5-9-6-4-8-13-9/h1-6,8H,7H2,(H,11,12)/b3-1+,5-2+. The second-order valence-corrected chi connectivity index (χ2v) is 3.38. The highest BCUT2D eigenvalue weighted by Gasteiger charge is 1.87. The van der Waals surface area contributed by atoms with Gasteiger partial charge in [-0.05, 0) is 17.5 Å². The molecule has 0 radical (unpaired) electrons. The number of hydrogen-bond acceptors (Lipinski definition) is 2. The maximum absolute atomic E-state index is 10.1. The molecule has 1 aromatic rings. The average molecular weight is 194 g/mol. The van der Waals surface area contributed by atoms with Gasteiger partial charge in [0.15, 0.2) is 0 Å². The number of carboxylic acids is 1. The van der Waals surface area contributed by atoms with Crippen molar-refractivity contribution in [3.63, 3.8) is 0 Å². The van der Waals surface area contributed by atoms with Gasteiger partial charge in [-0.25, -0.2) is 0 Å². The fourth-order valence-corrected chi connectivity index (χ4v) is 1.41. The zero-order valence-electron chi connectivity index (χ0n) is 7.01. The van der Waals surface area contributed by atoms with E-state index >= 15 is 0 Å². The molecule has 0 saturated carbocycles. The van der Waals surface area contributed by atoms with Crippen LogP contribution < -0.4 is 0 Å². The molecule has 1 rings (SSSR count). The highest BCUT2D eigenvalue weighted by atomic mass is 32.1. The van der Waals surface area contributed by atoms with Crippen LogP contribution in [0.1, 0.15) is 11.3 Å². The zero-order valence-corrected chi connectivity index (χ0v) is 7.83. The maximum atomic E-state index is 10.1. The van der Waals surface area contributed by atoms with Crippen LogP contribution in [-0.4, -0.2) is 11.1 Å². The molecule has 0 saturated heterocycles. The van der Waals surface area contributed by atoms with Crippen molar-refractivity contribution in [2.24, 2.45) is 0 Å². The molecule has 0 amide bonds. The third kappa shape index (κ3) is 4.28. The van der Waals surface area contributed by atoms with E-state index in [1.165, 1.54) is 4.88 Å². The van der Waals surface area contributed by atoms with Gasteiger partial charge in [0.05, 0.1) is 6.42 Å². The predicted molar refractivity (Wildman–Crippen MR) is 54.7 cm³/mol. The summed E-state index contributed by atoms with van der Waals surface area (Å²) in [6, 6.07) is 3.98. The van der Waals surface area contributed by atoms with Crippen molar-refractivity contribution < 1.29 is 9.90 Å². The van der Waals surface area contributed by atoms with Gasteiger partial charge in [-0.3, -0.25) is 4.79 Å². The molecule has 0 unspecified atom stereocenters. The lowest BCUT2D eigenvalue weighted by Gasteiger charge is -1.81. The van der Waals surface area contributed by atoms with Crippen LogP contribution in [0.15, 0.2) is 35.7 Å². The molecule has 1 aromatic heterocycles. The van der Waals surface area contributed by atoms with Gasteiger partial charge in [0.1, 0.15) is 0 Å². The number of hydrogen-bond donors (Lipinski definition) is 1. The Morgan fingerprint density at radius 2 is 2.38 bits per heavy atom. The zero-order chi connectivity index (χ0) is 9.52. The third-order valence-corrected chi connectivity index (χ3v) is 2.18. The monoisotopic (exact) mass is 194 g/mol. The van der Waals surface area contributed by atoms with Crippen LogP contribution in [0.3, 0.4) is 0 Å². The van der Waals surface area contributed by atoms with Crippen molar-refractivity contribution in [2.45, 2.75) is 6.42 Å². The van der Waals surface area contributed by atoms with E-state index in [-0.39, 0.29) is 6.42 Å². The van der Waals surface area contributed by atoms with Crippen molar-refractivity contribution in [1.29, 1.82) is 0 Å².